The van der Waals surface area contributed by atoms with Crippen molar-refractivity contribution in [2.45, 2.75) is 26.9 Å². The first-order valence-electron chi connectivity index (χ1n) is 23.0. The van der Waals surface area contributed by atoms with E-state index in [1.54, 1.807) is 45.5 Å². The van der Waals surface area contributed by atoms with E-state index in [0.29, 0.717) is 75.1 Å². The standard InChI is InChI=1S/C25H30N4O4S.C24H28N4O4S.CH2O3.2K.H/c1-4-29-24-17-21(32-3)9-10-22(24)23(18-26)25(29)19-5-7-20(8-6-19)27(2)34(30,31)16-13-28-11-14-33-15-12-28;1-3-28-23-16-20(31-2)8-9-21(23)22(17-25)24(28)18-4-6-19(7-5-18)26-33(29,30)15-12-27-10-13-32-14-11-27;2-1-4-3;;;/h5-10,17H,4,11-16H2,1-3H3;4-9,16,26H,3,10-15H2,1-2H3;1,3H;;;/q;;;2*+1;-1/p-1. The topological polar surface area (TPSA) is 234 Å². The molecule has 1 N–H and O–H groups in total. The minimum atomic E-state index is -3.47. The number of aryl methyl sites for hydroxylation is 2. The molecule has 0 radical (unpaired) electrons. The number of sulfonamides is 2. The van der Waals surface area contributed by atoms with Crippen LogP contribution in [0.5, 0.6) is 11.5 Å². The molecule has 4 aromatic carbocycles. The largest absolute Gasteiger partial charge is 1.00 e. The number of hydrogen-bond donors (Lipinski definition) is 1. The Morgan fingerprint density at radius 2 is 1.11 bits per heavy atom. The number of ether oxygens (including phenoxy) is 4. The van der Waals surface area contributed by atoms with Crippen LogP contribution in [0.15, 0.2) is 84.9 Å². The first-order valence-corrected chi connectivity index (χ1v) is 26.2. The van der Waals surface area contributed by atoms with E-state index in [1.165, 1.54) is 4.31 Å². The van der Waals surface area contributed by atoms with Gasteiger partial charge in [-0.15, -0.1) is 0 Å². The van der Waals surface area contributed by atoms with Gasteiger partial charge in [-0.05, 0) is 73.5 Å². The van der Waals surface area contributed by atoms with Crippen LogP contribution in [-0.4, -0.2) is 141 Å². The average Bonchev–Trinajstić information content (AvgIpc) is 3.91. The second kappa shape index (κ2) is 29.8. The average molecular weight is 1090 g/mol. The molecule has 73 heavy (non-hydrogen) atoms. The number of morpholine rings is 2. The first-order chi connectivity index (χ1) is 34.3. The van der Waals surface area contributed by atoms with Gasteiger partial charge < -0.3 is 39.7 Å². The van der Waals surface area contributed by atoms with Crippen LogP contribution >= 0.6 is 0 Å². The van der Waals surface area contributed by atoms with E-state index in [4.69, 9.17) is 29.0 Å². The number of anilines is 2. The van der Waals surface area contributed by atoms with Crippen LogP contribution in [0.4, 0.5) is 11.4 Å². The Morgan fingerprint density at radius 3 is 1.49 bits per heavy atom. The molecule has 23 heteroatoms. The number of benzene rings is 4. The van der Waals surface area contributed by atoms with Crippen molar-refractivity contribution in [3.8, 4) is 46.2 Å². The van der Waals surface area contributed by atoms with Crippen molar-refractivity contribution >= 4 is 59.7 Å². The zero-order valence-electron chi connectivity index (χ0n) is 43.5. The summed E-state index contributed by atoms with van der Waals surface area (Å²) in [4.78, 5) is 15.5. The first kappa shape index (κ1) is 62.1. The molecule has 2 aliphatic heterocycles. The smallest absolute Gasteiger partial charge is 1.00 e. The molecule has 380 valence electrons. The number of hydrogen-bond acceptors (Lipinski definition) is 15. The summed E-state index contributed by atoms with van der Waals surface area (Å²) in [7, 11) is -2.11. The number of methoxy groups -OCH3 is 2. The molecule has 0 atom stereocenters. The quantitative estimate of drug-likeness (QED) is 0.0507. The summed E-state index contributed by atoms with van der Waals surface area (Å²) in [6.45, 7) is 11.8. The van der Waals surface area contributed by atoms with Crippen LogP contribution in [0.3, 0.4) is 0 Å². The fourth-order valence-corrected chi connectivity index (χ4v) is 10.9. The Bertz CT molecular complexity index is 3080. The third-order valence-electron chi connectivity index (χ3n) is 12.3. The Labute approximate surface area is 514 Å². The van der Waals surface area contributed by atoms with Crippen LogP contribution in [0.2, 0.25) is 0 Å². The molecule has 0 saturated carbocycles. The van der Waals surface area contributed by atoms with Gasteiger partial charge in [-0.2, -0.15) is 10.5 Å². The van der Waals surface area contributed by atoms with Gasteiger partial charge in [-0.1, -0.05) is 24.3 Å². The molecule has 2 fully saturated rings. The number of fused-ring (bicyclic) bond motifs is 2. The number of carbonyl (C=O) groups excluding carboxylic acids is 1. The zero-order valence-corrected chi connectivity index (χ0v) is 50.4. The van der Waals surface area contributed by atoms with Crippen molar-refractivity contribution in [1.82, 2.24) is 18.9 Å². The van der Waals surface area contributed by atoms with E-state index in [1.807, 2.05) is 74.5 Å². The van der Waals surface area contributed by atoms with Gasteiger partial charge >= 0.3 is 103 Å². The van der Waals surface area contributed by atoms with Crippen LogP contribution in [0.25, 0.3) is 44.3 Å². The molecule has 0 unspecified atom stereocenters. The molecule has 2 saturated heterocycles. The minimum Gasteiger partial charge on any atom is -1.00 e. The van der Waals surface area contributed by atoms with E-state index in [0.717, 1.165) is 82.0 Å². The Hall–Kier alpha value is -3.42. The van der Waals surface area contributed by atoms with Crippen molar-refractivity contribution < 1.29 is 155 Å². The molecule has 0 bridgehead atoms. The molecule has 4 heterocycles. The maximum atomic E-state index is 12.9. The van der Waals surface area contributed by atoms with E-state index < -0.39 is 20.0 Å². The molecule has 19 nitrogen and oxygen atoms in total. The van der Waals surface area contributed by atoms with E-state index in [-0.39, 0.29) is 122 Å². The predicted octanol–water partition coefficient (Wildman–Crippen LogP) is -0.856. The van der Waals surface area contributed by atoms with Crippen LogP contribution in [0.1, 0.15) is 26.4 Å². The number of aromatic nitrogens is 2. The normalized spacial score (nSPS) is 13.9. The monoisotopic (exact) mass is 1090 g/mol. The van der Waals surface area contributed by atoms with Crippen LogP contribution in [-0.2, 0) is 52.3 Å². The predicted molar refractivity (Wildman–Crippen MR) is 271 cm³/mol. The van der Waals surface area contributed by atoms with Crippen molar-refractivity contribution in [3.63, 3.8) is 0 Å². The maximum absolute atomic E-state index is 12.9. The molecule has 0 amide bonds. The summed E-state index contributed by atoms with van der Waals surface area (Å²) in [6, 6.07) is 30.6. The van der Waals surface area contributed by atoms with Gasteiger partial charge in [0.2, 0.25) is 20.0 Å². The van der Waals surface area contributed by atoms with Gasteiger partial charge in [0.1, 0.15) is 23.6 Å². The summed E-state index contributed by atoms with van der Waals surface area (Å²) in [5, 5.41) is 30.0. The Morgan fingerprint density at radius 1 is 0.699 bits per heavy atom. The van der Waals surface area contributed by atoms with E-state index in [2.05, 4.69) is 40.7 Å². The summed E-state index contributed by atoms with van der Waals surface area (Å²) < 4.78 is 80.5. The SMILES string of the molecule is CCn1c(-c2ccc(N(C)S(=O)(=O)CCN3CCOCC3)cc2)c(C#N)c2ccc(OC)cc21.CCn1c(-c2ccc(NS(=O)(=O)CCN3CCOCC3)cc2)c(C#N)c2ccc(OC)cc21.O=CO[O-].[H-].[K+].[K+]. The van der Waals surface area contributed by atoms with E-state index in [9.17, 15) is 27.4 Å². The number of rotatable bonds is 17. The van der Waals surface area contributed by atoms with E-state index >= 15 is 0 Å². The maximum Gasteiger partial charge on any atom is 1.00 e. The van der Waals surface area contributed by atoms with Crippen molar-refractivity contribution in [2.24, 2.45) is 0 Å². The molecule has 2 aromatic heterocycles. The molecule has 8 rings (SSSR count). The molecule has 6 aromatic rings. The third-order valence-corrected chi connectivity index (χ3v) is 15.4. The molecule has 0 aliphatic carbocycles. The van der Waals surface area contributed by atoms with Crippen molar-refractivity contribution in [3.05, 3.63) is 96.1 Å². The van der Waals surface area contributed by atoms with Gasteiger partial charge in [0.25, 0.3) is 6.47 Å². The van der Waals surface area contributed by atoms with Gasteiger partial charge in [-0.25, -0.2) is 16.8 Å². The second-order valence-electron chi connectivity index (χ2n) is 16.4. The second-order valence-corrected chi connectivity index (χ2v) is 20.3. The fourth-order valence-electron chi connectivity index (χ4n) is 8.59. The van der Waals surface area contributed by atoms with Crippen molar-refractivity contribution in [1.29, 1.82) is 10.5 Å². The van der Waals surface area contributed by atoms with Crippen molar-refractivity contribution in [2.75, 3.05) is 107 Å². The number of nitriles is 2. The van der Waals surface area contributed by atoms with Gasteiger partial charge in [0.05, 0.1) is 91.4 Å². The Balaban J connectivity index is 0.000000351. The molecular weight excluding hydrogens is 1030 g/mol. The van der Waals surface area contributed by atoms with Crippen LogP contribution in [0, 0.1) is 22.7 Å². The zero-order chi connectivity index (χ0) is 51.1. The molecule has 0 spiro atoms. The summed E-state index contributed by atoms with van der Waals surface area (Å²) in [6.07, 6.45) is 0. The summed E-state index contributed by atoms with van der Waals surface area (Å²) in [5.74, 6) is 1.54. The molecular formula is C50H60K2N8O11S2. The minimum absolute atomic E-state index is 0. The number of carbonyl (C=O) groups is 1. The van der Waals surface area contributed by atoms with Gasteiger partial charge in [0, 0.05) is 88.0 Å². The van der Waals surface area contributed by atoms with Gasteiger partial charge in [-0.3, -0.25) is 23.6 Å². The fraction of sp³-hybridized carbons (Fsp3) is 0.380. The summed E-state index contributed by atoms with van der Waals surface area (Å²) >= 11 is 0. The number of nitrogens with one attached hydrogen (secondary N) is 1. The number of nitrogens with zero attached hydrogens (tertiary/aromatic N) is 7. The van der Waals surface area contributed by atoms with Crippen LogP contribution < -0.4 is 127 Å². The molecule has 2 aliphatic rings. The Kier molecular flexibility index (Phi) is 25.3. The summed E-state index contributed by atoms with van der Waals surface area (Å²) in [5.41, 5.74) is 7.47. The third kappa shape index (κ3) is 15.8. The van der Waals surface area contributed by atoms with Gasteiger partial charge in [0.15, 0.2) is 0 Å².